The van der Waals surface area contributed by atoms with Gasteiger partial charge in [0, 0.05) is 47.7 Å². The highest BCUT2D eigenvalue weighted by atomic mass is 16.6. The van der Waals surface area contributed by atoms with Crippen LogP contribution in [0.3, 0.4) is 0 Å². The van der Waals surface area contributed by atoms with Crippen LogP contribution in [0.15, 0.2) is 78.9 Å². The minimum atomic E-state index is -0.388. The number of anilines is 2. The molecule has 196 valence electrons. The third kappa shape index (κ3) is 7.54. The fraction of sp³-hybridized carbons (Fsp3) is 0.233. The van der Waals surface area contributed by atoms with Crippen molar-refractivity contribution in [1.29, 1.82) is 0 Å². The summed E-state index contributed by atoms with van der Waals surface area (Å²) in [4.78, 5) is 28.7. The van der Waals surface area contributed by atoms with Crippen molar-refractivity contribution in [1.82, 2.24) is 15.6 Å². The molecular formula is C30H32N4O4. The van der Waals surface area contributed by atoms with Crippen LogP contribution >= 0.6 is 0 Å². The first-order valence-electron chi connectivity index (χ1n) is 12.6. The molecular weight excluding hydrogens is 480 g/mol. The predicted octanol–water partition coefficient (Wildman–Crippen LogP) is 4.75. The Labute approximate surface area is 222 Å². The monoisotopic (exact) mass is 512 g/mol. The Morgan fingerprint density at radius 1 is 0.921 bits per heavy atom. The molecule has 0 unspecified atom stereocenters. The molecule has 3 aromatic carbocycles. The van der Waals surface area contributed by atoms with E-state index in [0.29, 0.717) is 37.6 Å². The van der Waals surface area contributed by atoms with Crippen LogP contribution in [0.2, 0.25) is 0 Å². The average Bonchev–Trinajstić information content (AvgIpc) is 2.92. The minimum absolute atomic E-state index is 0.107. The van der Waals surface area contributed by atoms with E-state index in [1.165, 1.54) is 0 Å². The van der Waals surface area contributed by atoms with E-state index in [9.17, 15) is 9.59 Å². The molecule has 0 aliphatic heterocycles. The molecule has 0 aliphatic rings. The lowest BCUT2D eigenvalue weighted by molar-refractivity contribution is -0.145. The molecule has 0 spiro atoms. The quantitative estimate of drug-likeness (QED) is 0.186. The first-order chi connectivity index (χ1) is 18.5. The SMILES string of the molecule is CCOC(=O)COc1ccc(CNCCNC(=O)c2cccc(Nc3cc(C)nc4ccccc34)c2)cc1. The fourth-order valence-electron chi connectivity index (χ4n) is 3.95. The van der Waals surface area contributed by atoms with Crippen LogP contribution in [-0.4, -0.2) is 43.2 Å². The number of amides is 1. The topological polar surface area (TPSA) is 102 Å². The van der Waals surface area contributed by atoms with Crippen molar-refractivity contribution in [2.24, 2.45) is 0 Å². The van der Waals surface area contributed by atoms with E-state index in [1.54, 1.807) is 13.0 Å². The molecule has 8 heteroatoms. The first-order valence-corrected chi connectivity index (χ1v) is 12.6. The van der Waals surface area contributed by atoms with Crippen molar-refractivity contribution in [3.8, 4) is 5.75 Å². The fourth-order valence-corrected chi connectivity index (χ4v) is 3.95. The highest BCUT2D eigenvalue weighted by Crippen LogP contribution is 2.26. The van der Waals surface area contributed by atoms with Crippen LogP contribution in [0.25, 0.3) is 10.9 Å². The normalized spacial score (nSPS) is 10.7. The van der Waals surface area contributed by atoms with E-state index in [4.69, 9.17) is 9.47 Å². The van der Waals surface area contributed by atoms with Crippen molar-refractivity contribution in [2.75, 3.05) is 31.6 Å². The van der Waals surface area contributed by atoms with Gasteiger partial charge in [0.2, 0.25) is 0 Å². The largest absolute Gasteiger partial charge is 0.482 e. The van der Waals surface area contributed by atoms with Crippen LogP contribution in [0, 0.1) is 6.92 Å². The van der Waals surface area contributed by atoms with Gasteiger partial charge in [-0.2, -0.15) is 0 Å². The summed E-state index contributed by atoms with van der Waals surface area (Å²) in [7, 11) is 0. The first kappa shape index (κ1) is 26.6. The summed E-state index contributed by atoms with van der Waals surface area (Å²) in [5.74, 6) is 0.0908. The Morgan fingerprint density at radius 3 is 2.55 bits per heavy atom. The third-order valence-electron chi connectivity index (χ3n) is 5.75. The number of benzene rings is 3. The molecule has 38 heavy (non-hydrogen) atoms. The van der Waals surface area contributed by atoms with Crippen molar-refractivity contribution in [3.05, 3.63) is 95.7 Å². The van der Waals surface area contributed by atoms with E-state index in [-0.39, 0.29) is 18.5 Å². The summed E-state index contributed by atoms with van der Waals surface area (Å²) in [6, 6.07) is 24.9. The molecule has 0 bridgehead atoms. The smallest absolute Gasteiger partial charge is 0.344 e. The molecule has 1 heterocycles. The molecule has 1 amide bonds. The molecule has 1 aromatic heterocycles. The molecule has 4 aromatic rings. The molecule has 3 N–H and O–H groups in total. The standard InChI is InChI=1S/C30H32N4O4/c1-3-37-29(35)20-38-25-13-11-22(12-14-25)19-31-15-16-32-30(36)23-7-6-8-24(18-23)34-28-17-21(2)33-27-10-5-4-9-26(27)28/h4-14,17-18,31H,3,15-16,19-20H2,1-2H3,(H,32,36)(H,33,34). The van der Waals surface area contributed by atoms with Crippen LogP contribution < -0.4 is 20.7 Å². The summed E-state index contributed by atoms with van der Waals surface area (Å²) < 4.78 is 10.2. The number of aromatic nitrogens is 1. The highest BCUT2D eigenvalue weighted by Gasteiger charge is 2.08. The highest BCUT2D eigenvalue weighted by molar-refractivity contribution is 5.96. The zero-order valence-corrected chi connectivity index (χ0v) is 21.6. The number of carbonyl (C=O) groups excluding carboxylic acids is 2. The predicted molar refractivity (Wildman–Crippen MR) is 149 cm³/mol. The third-order valence-corrected chi connectivity index (χ3v) is 5.75. The Kier molecular flexibility index (Phi) is 9.26. The lowest BCUT2D eigenvalue weighted by Gasteiger charge is -2.12. The van der Waals surface area contributed by atoms with Crippen LogP contribution in [0.4, 0.5) is 11.4 Å². The molecule has 0 fully saturated rings. The van der Waals surface area contributed by atoms with Gasteiger partial charge in [0.1, 0.15) is 5.75 Å². The van der Waals surface area contributed by atoms with Gasteiger partial charge in [-0.15, -0.1) is 0 Å². The van der Waals surface area contributed by atoms with Crippen molar-refractivity contribution < 1.29 is 19.1 Å². The van der Waals surface area contributed by atoms with E-state index >= 15 is 0 Å². The number of nitrogens with one attached hydrogen (secondary N) is 3. The molecule has 0 saturated heterocycles. The zero-order chi connectivity index (χ0) is 26.7. The number of esters is 1. The van der Waals surface area contributed by atoms with E-state index in [2.05, 4.69) is 20.9 Å². The number of nitrogens with zero attached hydrogens (tertiary/aromatic N) is 1. The molecule has 4 rings (SSSR count). The zero-order valence-electron chi connectivity index (χ0n) is 21.6. The Morgan fingerprint density at radius 2 is 1.74 bits per heavy atom. The lowest BCUT2D eigenvalue weighted by Crippen LogP contribution is -2.31. The van der Waals surface area contributed by atoms with Gasteiger partial charge in [-0.1, -0.05) is 36.4 Å². The summed E-state index contributed by atoms with van der Waals surface area (Å²) in [6.07, 6.45) is 0. The second kappa shape index (κ2) is 13.2. The van der Waals surface area contributed by atoms with E-state index in [1.807, 2.05) is 79.7 Å². The van der Waals surface area contributed by atoms with Crippen molar-refractivity contribution >= 4 is 34.2 Å². The van der Waals surface area contributed by atoms with E-state index < -0.39 is 0 Å². The van der Waals surface area contributed by atoms with Gasteiger partial charge in [-0.05, 0) is 61.9 Å². The van der Waals surface area contributed by atoms with Crippen LogP contribution in [0.1, 0.15) is 28.5 Å². The van der Waals surface area contributed by atoms with Gasteiger partial charge in [-0.3, -0.25) is 9.78 Å². The van der Waals surface area contributed by atoms with Crippen molar-refractivity contribution in [3.63, 3.8) is 0 Å². The Hall–Kier alpha value is -4.43. The molecule has 0 radical (unpaired) electrons. The second-order valence-electron chi connectivity index (χ2n) is 8.70. The Bertz CT molecular complexity index is 1390. The molecule has 0 atom stereocenters. The number of hydrogen-bond donors (Lipinski definition) is 3. The van der Waals surface area contributed by atoms with Gasteiger partial charge < -0.3 is 25.4 Å². The number of carbonyl (C=O) groups is 2. The lowest BCUT2D eigenvalue weighted by atomic mass is 10.1. The number of para-hydroxylation sites is 1. The number of hydrogen-bond acceptors (Lipinski definition) is 7. The van der Waals surface area contributed by atoms with Gasteiger partial charge in [-0.25, -0.2) is 4.79 Å². The summed E-state index contributed by atoms with van der Waals surface area (Å²) in [5.41, 5.74) is 5.29. The molecule has 8 nitrogen and oxygen atoms in total. The van der Waals surface area contributed by atoms with Crippen LogP contribution in [-0.2, 0) is 16.1 Å². The summed E-state index contributed by atoms with van der Waals surface area (Å²) >= 11 is 0. The van der Waals surface area contributed by atoms with Crippen LogP contribution in [0.5, 0.6) is 5.75 Å². The summed E-state index contributed by atoms with van der Waals surface area (Å²) in [6.45, 7) is 5.71. The van der Waals surface area contributed by atoms with Gasteiger partial charge in [0.25, 0.3) is 5.91 Å². The minimum Gasteiger partial charge on any atom is -0.482 e. The maximum absolute atomic E-state index is 12.7. The number of pyridine rings is 1. The number of fused-ring (bicyclic) bond motifs is 1. The number of ether oxygens (including phenoxy) is 2. The maximum atomic E-state index is 12.7. The second-order valence-corrected chi connectivity index (χ2v) is 8.70. The number of rotatable bonds is 12. The summed E-state index contributed by atoms with van der Waals surface area (Å²) in [5, 5.41) is 10.7. The molecule has 0 saturated carbocycles. The molecule has 0 aliphatic carbocycles. The average molecular weight is 513 g/mol. The van der Waals surface area contributed by atoms with Gasteiger partial charge in [0.05, 0.1) is 12.1 Å². The van der Waals surface area contributed by atoms with Gasteiger partial charge in [0.15, 0.2) is 6.61 Å². The van der Waals surface area contributed by atoms with Gasteiger partial charge >= 0.3 is 5.97 Å². The maximum Gasteiger partial charge on any atom is 0.344 e. The van der Waals surface area contributed by atoms with E-state index in [0.717, 1.165) is 33.5 Å². The van der Waals surface area contributed by atoms with Crippen molar-refractivity contribution in [2.45, 2.75) is 20.4 Å². The Balaban J connectivity index is 1.23. The number of aryl methyl sites for hydroxylation is 1.